The van der Waals surface area contributed by atoms with Crippen molar-refractivity contribution in [2.24, 2.45) is 0 Å². The van der Waals surface area contributed by atoms with Crippen molar-refractivity contribution >= 4 is 39.9 Å². The minimum atomic E-state index is 0.104. The van der Waals surface area contributed by atoms with Crippen molar-refractivity contribution in [1.29, 1.82) is 0 Å². The molecule has 0 saturated carbocycles. The monoisotopic (exact) mass is 609 g/mol. The van der Waals surface area contributed by atoms with Crippen LogP contribution in [0.25, 0.3) is 0 Å². The number of rotatable bonds is 20. The second-order valence-electron chi connectivity index (χ2n) is 11.0. The van der Waals surface area contributed by atoms with Gasteiger partial charge in [0.2, 0.25) is 0 Å². The zero-order chi connectivity index (χ0) is 33.0. The number of hydrogen-bond donors (Lipinski definition) is 0. The molecule has 0 heterocycles. The van der Waals surface area contributed by atoms with Gasteiger partial charge in [0.1, 0.15) is 0 Å². The molecule has 2 aromatic carbocycles. The summed E-state index contributed by atoms with van der Waals surface area (Å²) in [5.74, 6) is 0.104. The molecule has 0 saturated heterocycles. The SMILES string of the molecule is CCN(CC)c1ccc(C(=O)c2ccc(N(CC)CC)c(N(CC)CC)c2N(CC)CC)c(N(CC)CC)c1N(CC)CC. The summed E-state index contributed by atoms with van der Waals surface area (Å²) >= 11 is 0. The van der Waals surface area contributed by atoms with E-state index >= 15 is 4.79 Å². The van der Waals surface area contributed by atoms with Crippen LogP contribution in [0.2, 0.25) is 0 Å². The molecule has 0 spiro atoms. The van der Waals surface area contributed by atoms with Crippen molar-refractivity contribution in [3.63, 3.8) is 0 Å². The Morgan fingerprint density at radius 1 is 0.364 bits per heavy atom. The van der Waals surface area contributed by atoms with Gasteiger partial charge >= 0.3 is 0 Å². The van der Waals surface area contributed by atoms with E-state index in [1.54, 1.807) is 0 Å². The Kier molecular flexibility index (Phi) is 15.2. The second-order valence-corrected chi connectivity index (χ2v) is 11.0. The van der Waals surface area contributed by atoms with Crippen LogP contribution in [0.4, 0.5) is 34.1 Å². The molecule has 0 radical (unpaired) electrons. The minimum Gasteiger partial charge on any atom is -0.370 e. The van der Waals surface area contributed by atoms with E-state index in [4.69, 9.17) is 0 Å². The van der Waals surface area contributed by atoms with E-state index in [9.17, 15) is 0 Å². The second kappa shape index (κ2) is 18.0. The van der Waals surface area contributed by atoms with Crippen LogP contribution in [-0.2, 0) is 0 Å². The molecule has 0 unspecified atom stereocenters. The van der Waals surface area contributed by atoms with Gasteiger partial charge in [0.25, 0.3) is 0 Å². The van der Waals surface area contributed by atoms with Gasteiger partial charge in [-0.25, -0.2) is 0 Å². The average Bonchev–Trinajstić information content (AvgIpc) is 3.05. The van der Waals surface area contributed by atoms with Gasteiger partial charge in [0.05, 0.1) is 34.1 Å². The van der Waals surface area contributed by atoms with Crippen molar-refractivity contribution < 1.29 is 4.79 Å². The fraction of sp³-hybridized carbons (Fsp3) is 0.649. The van der Waals surface area contributed by atoms with Gasteiger partial charge in [0, 0.05) is 89.7 Å². The maximum absolute atomic E-state index is 15.2. The van der Waals surface area contributed by atoms with Gasteiger partial charge in [0.15, 0.2) is 5.78 Å². The first-order chi connectivity index (χ1) is 21.3. The summed E-state index contributed by atoms with van der Waals surface area (Å²) in [5, 5.41) is 0. The fourth-order valence-corrected chi connectivity index (χ4v) is 6.71. The smallest absolute Gasteiger partial charge is 0.197 e. The quantitative estimate of drug-likeness (QED) is 0.141. The van der Waals surface area contributed by atoms with Crippen LogP contribution in [0.5, 0.6) is 0 Å². The molecule has 0 atom stereocenters. The summed E-state index contributed by atoms with van der Waals surface area (Å²) in [5.41, 5.74) is 8.50. The van der Waals surface area contributed by atoms with Crippen LogP contribution in [0.3, 0.4) is 0 Å². The van der Waals surface area contributed by atoms with Crippen molar-refractivity contribution in [2.75, 3.05) is 108 Å². The third kappa shape index (κ3) is 7.40. The van der Waals surface area contributed by atoms with Crippen molar-refractivity contribution in [1.82, 2.24) is 0 Å². The van der Waals surface area contributed by atoms with E-state index in [-0.39, 0.29) is 5.78 Å². The summed E-state index contributed by atoms with van der Waals surface area (Å²) in [6.07, 6.45) is 0. The van der Waals surface area contributed by atoms with Crippen molar-refractivity contribution in [3.05, 3.63) is 35.4 Å². The molecular formula is C37H64N6O. The van der Waals surface area contributed by atoms with E-state index in [1.807, 2.05) is 0 Å². The lowest BCUT2D eigenvalue weighted by molar-refractivity contribution is 0.103. The zero-order valence-electron chi connectivity index (χ0n) is 30.4. The van der Waals surface area contributed by atoms with Gasteiger partial charge in [-0.2, -0.15) is 0 Å². The van der Waals surface area contributed by atoms with Crippen LogP contribution in [-0.4, -0.2) is 84.3 Å². The number of hydrogen-bond acceptors (Lipinski definition) is 7. The molecule has 7 heteroatoms. The first-order valence-electron chi connectivity index (χ1n) is 17.6. The third-order valence-corrected chi connectivity index (χ3v) is 9.28. The van der Waals surface area contributed by atoms with E-state index in [1.165, 1.54) is 22.7 Å². The Morgan fingerprint density at radius 2 is 0.591 bits per heavy atom. The van der Waals surface area contributed by atoms with Crippen LogP contribution >= 0.6 is 0 Å². The standard InChI is InChI=1S/C37H64N6O/c1-13-38(14-2)31-27-25-29(33(40(17-5)18-6)35(31)42(21-9)22-10)37(44)30-26-28-32(39(15-3)16-4)36(43(23-11)24-12)34(30)41(19-7)20-8/h25-28H,13-24H2,1-12H3. The molecule has 0 N–H and O–H groups in total. The molecule has 0 aromatic heterocycles. The number of carbonyl (C=O) groups excluding carboxylic acids is 1. The summed E-state index contributed by atoms with van der Waals surface area (Å²) in [6.45, 7) is 37.1. The molecule has 0 fully saturated rings. The van der Waals surface area contributed by atoms with E-state index in [0.29, 0.717) is 0 Å². The number of benzene rings is 2. The number of carbonyl (C=O) groups is 1. The Labute approximate surface area is 270 Å². The molecule has 0 aliphatic rings. The van der Waals surface area contributed by atoms with Gasteiger partial charge in [-0.1, -0.05) is 0 Å². The first kappa shape index (κ1) is 37.1. The summed E-state index contributed by atoms with van der Waals surface area (Å²) in [4.78, 5) is 29.7. The van der Waals surface area contributed by atoms with Gasteiger partial charge in [-0.05, 0) is 107 Å². The van der Waals surface area contributed by atoms with E-state index in [0.717, 1.165) is 101 Å². The van der Waals surface area contributed by atoms with Crippen LogP contribution < -0.4 is 29.4 Å². The van der Waals surface area contributed by atoms with Crippen molar-refractivity contribution in [3.8, 4) is 0 Å². The van der Waals surface area contributed by atoms with Gasteiger partial charge < -0.3 is 29.4 Å². The van der Waals surface area contributed by atoms with Gasteiger partial charge in [-0.3, -0.25) is 4.79 Å². The van der Waals surface area contributed by atoms with Crippen LogP contribution in [0.15, 0.2) is 24.3 Å². The Morgan fingerprint density at radius 3 is 0.818 bits per heavy atom. The maximum atomic E-state index is 15.2. The highest BCUT2D eigenvalue weighted by atomic mass is 16.1. The lowest BCUT2D eigenvalue weighted by atomic mass is 9.94. The predicted octanol–water partition coefficient (Wildman–Crippen LogP) is 7.99. The number of ketones is 1. The Bertz CT molecular complexity index is 1070. The Balaban J connectivity index is 3.15. The summed E-state index contributed by atoms with van der Waals surface area (Å²) in [7, 11) is 0. The molecule has 0 aliphatic heterocycles. The maximum Gasteiger partial charge on any atom is 0.197 e. The van der Waals surface area contributed by atoms with Crippen molar-refractivity contribution in [2.45, 2.75) is 83.1 Å². The third-order valence-electron chi connectivity index (χ3n) is 9.28. The summed E-state index contributed by atoms with van der Waals surface area (Å²) in [6, 6.07) is 8.62. The highest BCUT2D eigenvalue weighted by Crippen LogP contribution is 2.46. The molecule has 0 amide bonds. The highest BCUT2D eigenvalue weighted by Gasteiger charge is 2.31. The topological polar surface area (TPSA) is 36.5 Å². The van der Waals surface area contributed by atoms with Gasteiger partial charge in [-0.15, -0.1) is 0 Å². The molecule has 248 valence electrons. The molecule has 7 nitrogen and oxygen atoms in total. The lowest BCUT2D eigenvalue weighted by Crippen LogP contribution is -2.34. The molecule has 2 rings (SSSR count). The molecule has 0 bridgehead atoms. The molecule has 2 aromatic rings. The number of anilines is 6. The minimum absolute atomic E-state index is 0.104. The summed E-state index contributed by atoms with van der Waals surface area (Å²) < 4.78 is 0. The highest BCUT2D eigenvalue weighted by molar-refractivity contribution is 6.19. The molecular weight excluding hydrogens is 544 g/mol. The van der Waals surface area contributed by atoms with E-state index < -0.39 is 0 Å². The predicted molar refractivity (Wildman–Crippen MR) is 198 cm³/mol. The molecule has 44 heavy (non-hydrogen) atoms. The normalized spacial score (nSPS) is 11.0. The average molecular weight is 609 g/mol. The Hall–Kier alpha value is -3.09. The van der Waals surface area contributed by atoms with Crippen LogP contribution in [0.1, 0.15) is 99.0 Å². The molecule has 0 aliphatic carbocycles. The lowest BCUT2D eigenvalue weighted by Gasteiger charge is -2.38. The largest absolute Gasteiger partial charge is 0.370 e. The first-order valence-corrected chi connectivity index (χ1v) is 17.6. The zero-order valence-corrected chi connectivity index (χ0v) is 30.4. The number of nitrogens with zero attached hydrogens (tertiary/aromatic N) is 6. The van der Waals surface area contributed by atoms with Crippen LogP contribution in [0, 0.1) is 0 Å². The van der Waals surface area contributed by atoms with E-state index in [2.05, 4.69) is 137 Å². The fourth-order valence-electron chi connectivity index (χ4n) is 6.71.